The fourth-order valence-electron chi connectivity index (χ4n) is 2.61. The number of likely N-dealkylation sites (N-methyl/N-ethyl adjacent to an activating group) is 1. The van der Waals surface area contributed by atoms with Crippen molar-refractivity contribution in [3.05, 3.63) is 36.0 Å². The van der Waals surface area contributed by atoms with Gasteiger partial charge in [-0.15, -0.1) is 0 Å². The van der Waals surface area contributed by atoms with Crippen molar-refractivity contribution in [2.75, 3.05) is 33.8 Å². The molecule has 0 aliphatic carbocycles. The normalized spacial score (nSPS) is 20.6. The lowest BCUT2D eigenvalue weighted by Gasteiger charge is -2.33. The van der Waals surface area contributed by atoms with Crippen LogP contribution < -0.4 is 10.1 Å². The molecule has 1 aromatic heterocycles. The molecular formula is C15H19N3O. The topological polar surface area (TPSA) is 37.4 Å². The number of fused-ring (bicyclic) bond motifs is 1. The number of methoxy groups -OCH3 is 1. The zero-order valence-corrected chi connectivity index (χ0v) is 11.4. The van der Waals surface area contributed by atoms with Gasteiger partial charge < -0.3 is 10.1 Å². The highest BCUT2D eigenvalue weighted by Crippen LogP contribution is 2.25. The summed E-state index contributed by atoms with van der Waals surface area (Å²) in [6.07, 6.45) is 1.99. The number of piperazine rings is 1. The molecule has 4 nitrogen and oxygen atoms in total. The average molecular weight is 257 g/mol. The first kappa shape index (κ1) is 12.4. The molecule has 3 rings (SSSR count). The summed E-state index contributed by atoms with van der Waals surface area (Å²) in [5, 5.41) is 4.58. The lowest BCUT2D eigenvalue weighted by atomic mass is 10.0. The summed E-state index contributed by atoms with van der Waals surface area (Å²) in [6, 6.07) is 8.61. The Morgan fingerprint density at radius 3 is 3.05 bits per heavy atom. The minimum atomic E-state index is 0.400. The fraction of sp³-hybridized carbons (Fsp3) is 0.400. The van der Waals surface area contributed by atoms with Gasteiger partial charge in [-0.1, -0.05) is 0 Å². The number of hydrogen-bond donors (Lipinski definition) is 1. The minimum absolute atomic E-state index is 0.400. The molecule has 1 atom stereocenters. The van der Waals surface area contributed by atoms with E-state index in [1.165, 1.54) is 5.56 Å². The van der Waals surface area contributed by atoms with Crippen LogP contribution in [0.15, 0.2) is 30.5 Å². The van der Waals surface area contributed by atoms with Gasteiger partial charge in [0.25, 0.3) is 0 Å². The third-order valence-corrected chi connectivity index (χ3v) is 3.81. The third-order valence-electron chi connectivity index (χ3n) is 3.81. The summed E-state index contributed by atoms with van der Waals surface area (Å²) in [5.74, 6) is 0.876. The Balaban J connectivity index is 1.99. The highest BCUT2D eigenvalue weighted by atomic mass is 16.5. The van der Waals surface area contributed by atoms with E-state index in [1.54, 1.807) is 7.11 Å². The first-order chi connectivity index (χ1) is 9.28. The second-order valence-corrected chi connectivity index (χ2v) is 5.03. The summed E-state index contributed by atoms with van der Waals surface area (Å²) >= 11 is 0. The minimum Gasteiger partial charge on any atom is -0.497 e. The summed E-state index contributed by atoms with van der Waals surface area (Å²) in [5.41, 5.74) is 2.27. The van der Waals surface area contributed by atoms with Crippen LogP contribution in [0.3, 0.4) is 0 Å². The molecule has 1 saturated heterocycles. The number of ether oxygens (including phenoxy) is 1. The maximum absolute atomic E-state index is 5.28. The molecule has 0 radical (unpaired) electrons. The molecule has 1 N–H and O–H groups in total. The van der Waals surface area contributed by atoms with Gasteiger partial charge in [0, 0.05) is 37.3 Å². The van der Waals surface area contributed by atoms with E-state index in [-0.39, 0.29) is 0 Å². The zero-order chi connectivity index (χ0) is 13.2. The van der Waals surface area contributed by atoms with Crippen LogP contribution in [0.1, 0.15) is 11.6 Å². The van der Waals surface area contributed by atoms with Crippen molar-refractivity contribution in [2.24, 2.45) is 0 Å². The zero-order valence-electron chi connectivity index (χ0n) is 11.4. The molecular weight excluding hydrogens is 238 g/mol. The maximum Gasteiger partial charge on any atom is 0.119 e. The second kappa shape index (κ2) is 5.15. The van der Waals surface area contributed by atoms with Crippen LogP contribution in [-0.2, 0) is 0 Å². The summed E-state index contributed by atoms with van der Waals surface area (Å²) < 4.78 is 5.28. The Kier molecular flexibility index (Phi) is 3.36. The second-order valence-electron chi connectivity index (χ2n) is 5.03. The van der Waals surface area contributed by atoms with Crippen LogP contribution in [-0.4, -0.2) is 43.7 Å². The number of nitrogens with zero attached hydrogens (tertiary/aromatic N) is 2. The van der Waals surface area contributed by atoms with Crippen LogP contribution in [0.4, 0.5) is 0 Å². The van der Waals surface area contributed by atoms with Crippen LogP contribution >= 0.6 is 0 Å². The Labute approximate surface area is 113 Å². The molecule has 0 spiro atoms. The number of rotatable bonds is 2. The van der Waals surface area contributed by atoms with Gasteiger partial charge in [0.1, 0.15) is 5.75 Å². The first-order valence-electron chi connectivity index (χ1n) is 6.62. The lowest BCUT2D eigenvalue weighted by Crippen LogP contribution is -2.43. The van der Waals surface area contributed by atoms with Gasteiger partial charge >= 0.3 is 0 Å². The van der Waals surface area contributed by atoms with Gasteiger partial charge in [0.15, 0.2) is 0 Å². The SMILES string of the molecule is COc1ccc2ncc(C3CNCCN3C)cc2c1. The van der Waals surface area contributed by atoms with E-state index in [0.29, 0.717) is 6.04 Å². The standard InChI is InChI=1S/C15H19N3O/c1-18-6-5-16-10-15(18)12-7-11-8-13(19-2)3-4-14(11)17-9-12/h3-4,7-9,15-16H,5-6,10H2,1-2H3. The molecule has 19 heavy (non-hydrogen) atoms. The Morgan fingerprint density at radius 1 is 1.37 bits per heavy atom. The van der Waals surface area contributed by atoms with Crippen LogP contribution in [0.2, 0.25) is 0 Å². The molecule has 100 valence electrons. The van der Waals surface area contributed by atoms with Crippen LogP contribution in [0, 0.1) is 0 Å². The van der Waals surface area contributed by atoms with Crippen molar-refractivity contribution in [3.63, 3.8) is 0 Å². The molecule has 2 heterocycles. The van der Waals surface area contributed by atoms with E-state index in [9.17, 15) is 0 Å². The Hall–Kier alpha value is -1.65. The van der Waals surface area contributed by atoms with Gasteiger partial charge in [0.2, 0.25) is 0 Å². The average Bonchev–Trinajstić information content (AvgIpc) is 2.46. The van der Waals surface area contributed by atoms with E-state index in [1.807, 2.05) is 24.4 Å². The maximum atomic E-state index is 5.28. The van der Waals surface area contributed by atoms with Crippen LogP contribution in [0.5, 0.6) is 5.75 Å². The monoisotopic (exact) mass is 257 g/mol. The molecule has 1 unspecified atom stereocenters. The predicted molar refractivity (Wildman–Crippen MR) is 76.5 cm³/mol. The fourth-order valence-corrected chi connectivity index (χ4v) is 2.61. The molecule has 1 fully saturated rings. The van der Waals surface area contributed by atoms with Crippen molar-refractivity contribution >= 4 is 10.9 Å². The molecule has 0 saturated carbocycles. The molecule has 1 aromatic carbocycles. The molecule has 2 aromatic rings. The van der Waals surface area contributed by atoms with Crippen molar-refractivity contribution in [1.82, 2.24) is 15.2 Å². The molecule has 1 aliphatic heterocycles. The molecule has 0 amide bonds. The molecule has 0 bridgehead atoms. The van der Waals surface area contributed by atoms with Gasteiger partial charge in [-0.3, -0.25) is 9.88 Å². The van der Waals surface area contributed by atoms with E-state index in [4.69, 9.17) is 4.74 Å². The van der Waals surface area contributed by atoms with Crippen molar-refractivity contribution in [3.8, 4) is 5.75 Å². The van der Waals surface area contributed by atoms with E-state index >= 15 is 0 Å². The first-order valence-corrected chi connectivity index (χ1v) is 6.62. The predicted octanol–water partition coefficient (Wildman–Crippen LogP) is 1.82. The van der Waals surface area contributed by atoms with E-state index < -0.39 is 0 Å². The largest absolute Gasteiger partial charge is 0.497 e. The summed E-state index contributed by atoms with van der Waals surface area (Å²) in [6.45, 7) is 3.11. The van der Waals surface area contributed by atoms with Crippen molar-refractivity contribution in [2.45, 2.75) is 6.04 Å². The van der Waals surface area contributed by atoms with Gasteiger partial charge in [-0.25, -0.2) is 0 Å². The number of pyridine rings is 1. The highest BCUT2D eigenvalue weighted by molar-refractivity contribution is 5.80. The Morgan fingerprint density at radius 2 is 2.26 bits per heavy atom. The smallest absolute Gasteiger partial charge is 0.119 e. The Bertz CT molecular complexity index is 585. The number of nitrogens with one attached hydrogen (secondary N) is 1. The number of aromatic nitrogens is 1. The van der Waals surface area contributed by atoms with Gasteiger partial charge in [0.05, 0.1) is 12.6 Å². The molecule has 4 heteroatoms. The van der Waals surface area contributed by atoms with Crippen molar-refractivity contribution < 1.29 is 4.74 Å². The number of hydrogen-bond acceptors (Lipinski definition) is 4. The summed E-state index contributed by atoms with van der Waals surface area (Å²) in [7, 11) is 3.86. The third kappa shape index (κ3) is 2.41. The van der Waals surface area contributed by atoms with E-state index in [2.05, 4.69) is 28.3 Å². The summed E-state index contributed by atoms with van der Waals surface area (Å²) in [4.78, 5) is 6.93. The quantitative estimate of drug-likeness (QED) is 0.890. The van der Waals surface area contributed by atoms with Gasteiger partial charge in [-0.05, 0) is 36.9 Å². The van der Waals surface area contributed by atoms with E-state index in [0.717, 1.165) is 36.3 Å². The molecule has 1 aliphatic rings. The number of benzene rings is 1. The lowest BCUT2D eigenvalue weighted by molar-refractivity contribution is 0.202. The highest BCUT2D eigenvalue weighted by Gasteiger charge is 2.20. The van der Waals surface area contributed by atoms with Crippen molar-refractivity contribution in [1.29, 1.82) is 0 Å². The van der Waals surface area contributed by atoms with Crippen LogP contribution in [0.25, 0.3) is 10.9 Å². The van der Waals surface area contributed by atoms with Gasteiger partial charge in [-0.2, -0.15) is 0 Å².